The highest BCUT2D eigenvalue weighted by Gasteiger charge is 2.32. The SMILES string of the molecule is c1ccc(CN2CC3CCNCCC3C2)cc1. The fraction of sp³-hybridized carbons (Fsp3) is 0.600. The van der Waals surface area contributed by atoms with Crippen LogP contribution >= 0.6 is 0 Å². The summed E-state index contributed by atoms with van der Waals surface area (Å²) in [7, 11) is 0. The molecule has 0 amide bonds. The van der Waals surface area contributed by atoms with Crippen LogP contribution < -0.4 is 5.32 Å². The van der Waals surface area contributed by atoms with Gasteiger partial charge in [-0.15, -0.1) is 0 Å². The van der Waals surface area contributed by atoms with E-state index in [2.05, 4.69) is 40.5 Å². The number of nitrogens with zero attached hydrogens (tertiary/aromatic N) is 1. The van der Waals surface area contributed by atoms with Crippen LogP contribution in [0.4, 0.5) is 0 Å². The number of nitrogens with one attached hydrogen (secondary N) is 1. The first-order valence-electron chi connectivity index (χ1n) is 6.89. The maximum Gasteiger partial charge on any atom is 0.0233 e. The van der Waals surface area contributed by atoms with Crippen molar-refractivity contribution in [2.24, 2.45) is 11.8 Å². The molecule has 2 atom stereocenters. The van der Waals surface area contributed by atoms with Crippen LogP contribution in [-0.2, 0) is 6.54 Å². The second-order valence-electron chi connectivity index (χ2n) is 5.53. The van der Waals surface area contributed by atoms with Crippen LogP contribution in [0.25, 0.3) is 0 Å². The number of hydrogen-bond acceptors (Lipinski definition) is 2. The van der Waals surface area contributed by atoms with Gasteiger partial charge in [0.15, 0.2) is 0 Å². The van der Waals surface area contributed by atoms with Gasteiger partial charge in [0, 0.05) is 19.6 Å². The molecule has 0 aromatic heterocycles. The topological polar surface area (TPSA) is 15.3 Å². The van der Waals surface area contributed by atoms with Crippen LogP contribution in [-0.4, -0.2) is 31.1 Å². The molecule has 17 heavy (non-hydrogen) atoms. The van der Waals surface area contributed by atoms with Crippen molar-refractivity contribution in [1.29, 1.82) is 0 Å². The van der Waals surface area contributed by atoms with E-state index < -0.39 is 0 Å². The Morgan fingerprint density at radius 1 is 1.00 bits per heavy atom. The molecule has 2 heteroatoms. The summed E-state index contributed by atoms with van der Waals surface area (Å²) >= 11 is 0. The average Bonchev–Trinajstić information content (AvgIpc) is 2.60. The second-order valence-corrected chi connectivity index (χ2v) is 5.53. The van der Waals surface area contributed by atoms with Gasteiger partial charge in [0.2, 0.25) is 0 Å². The van der Waals surface area contributed by atoms with E-state index in [0.717, 1.165) is 18.4 Å². The molecule has 0 aliphatic carbocycles. The van der Waals surface area contributed by atoms with E-state index in [-0.39, 0.29) is 0 Å². The fourth-order valence-electron chi connectivity index (χ4n) is 3.36. The first-order chi connectivity index (χ1) is 8.42. The molecule has 1 aromatic carbocycles. The molecular weight excluding hydrogens is 208 g/mol. The standard InChI is InChI=1S/C15H22N2/c1-2-4-13(5-3-1)10-17-11-14-6-8-16-9-7-15(14)12-17/h1-5,14-16H,6-12H2. The molecule has 2 saturated heterocycles. The number of fused-ring (bicyclic) bond motifs is 1. The molecule has 1 N–H and O–H groups in total. The molecule has 3 rings (SSSR count). The molecule has 2 fully saturated rings. The summed E-state index contributed by atoms with van der Waals surface area (Å²) in [5.41, 5.74) is 1.46. The smallest absolute Gasteiger partial charge is 0.0233 e. The molecule has 1 aromatic rings. The Bertz CT molecular complexity index is 335. The molecular formula is C15H22N2. The first-order valence-corrected chi connectivity index (χ1v) is 6.89. The normalized spacial score (nSPS) is 29.9. The molecule has 0 spiro atoms. The fourth-order valence-corrected chi connectivity index (χ4v) is 3.36. The molecule has 2 unspecified atom stereocenters. The maximum absolute atomic E-state index is 3.52. The van der Waals surface area contributed by atoms with Crippen molar-refractivity contribution in [3.63, 3.8) is 0 Å². The third-order valence-corrected chi connectivity index (χ3v) is 4.28. The lowest BCUT2D eigenvalue weighted by Gasteiger charge is -2.16. The summed E-state index contributed by atoms with van der Waals surface area (Å²) in [6.45, 7) is 6.20. The van der Waals surface area contributed by atoms with Gasteiger partial charge in [-0.2, -0.15) is 0 Å². The number of likely N-dealkylation sites (tertiary alicyclic amines) is 1. The van der Waals surface area contributed by atoms with Gasteiger partial charge in [-0.3, -0.25) is 4.90 Å². The van der Waals surface area contributed by atoms with Crippen LogP contribution in [0.1, 0.15) is 18.4 Å². The Balaban J connectivity index is 1.60. The van der Waals surface area contributed by atoms with Gasteiger partial charge >= 0.3 is 0 Å². The Hall–Kier alpha value is -0.860. The first kappa shape index (κ1) is 11.2. The van der Waals surface area contributed by atoms with Gasteiger partial charge in [0.05, 0.1) is 0 Å². The highest BCUT2D eigenvalue weighted by Crippen LogP contribution is 2.30. The lowest BCUT2D eigenvalue weighted by atomic mass is 9.92. The Kier molecular flexibility index (Phi) is 3.44. The lowest BCUT2D eigenvalue weighted by molar-refractivity contribution is 0.307. The quantitative estimate of drug-likeness (QED) is 0.837. The minimum Gasteiger partial charge on any atom is -0.317 e. The molecule has 92 valence electrons. The summed E-state index contributed by atoms with van der Waals surface area (Å²) < 4.78 is 0. The molecule has 2 aliphatic heterocycles. The van der Waals surface area contributed by atoms with Crippen LogP contribution in [0.2, 0.25) is 0 Å². The van der Waals surface area contributed by atoms with E-state index in [1.807, 2.05) is 0 Å². The van der Waals surface area contributed by atoms with Gasteiger partial charge in [-0.05, 0) is 43.3 Å². The highest BCUT2D eigenvalue weighted by atomic mass is 15.2. The van der Waals surface area contributed by atoms with Crippen molar-refractivity contribution < 1.29 is 0 Å². The Morgan fingerprint density at radius 3 is 2.29 bits per heavy atom. The van der Waals surface area contributed by atoms with E-state index in [0.29, 0.717) is 0 Å². The average molecular weight is 230 g/mol. The minimum atomic E-state index is 0.939. The third-order valence-electron chi connectivity index (χ3n) is 4.28. The Morgan fingerprint density at radius 2 is 1.65 bits per heavy atom. The predicted molar refractivity (Wildman–Crippen MR) is 70.8 cm³/mol. The molecule has 2 heterocycles. The Labute approximate surface area is 104 Å². The zero-order valence-corrected chi connectivity index (χ0v) is 10.4. The van der Waals surface area contributed by atoms with Crippen molar-refractivity contribution in [3.8, 4) is 0 Å². The summed E-state index contributed by atoms with van der Waals surface area (Å²) in [5.74, 6) is 1.88. The number of benzene rings is 1. The molecule has 2 aliphatic rings. The second kappa shape index (κ2) is 5.19. The van der Waals surface area contributed by atoms with Gasteiger partial charge in [0.25, 0.3) is 0 Å². The largest absolute Gasteiger partial charge is 0.317 e. The number of rotatable bonds is 2. The van der Waals surface area contributed by atoms with Crippen molar-refractivity contribution in [3.05, 3.63) is 35.9 Å². The summed E-state index contributed by atoms with van der Waals surface area (Å²) in [5, 5.41) is 3.52. The van der Waals surface area contributed by atoms with E-state index in [1.165, 1.54) is 44.6 Å². The maximum atomic E-state index is 3.52. The number of hydrogen-bond donors (Lipinski definition) is 1. The third kappa shape index (κ3) is 2.70. The zero-order chi connectivity index (χ0) is 11.5. The van der Waals surface area contributed by atoms with Crippen molar-refractivity contribution >= 4 is 0 Å². The summed E-state index contributed by atoms with van der Waals surface area (Å²) in [6, 6.07) is 10.9. The summed E-state index contributed by atoms with van der Waals surface area (Å²) in [4.78, 5) is 2.65. The van der Waals surface area contributed by atoms with E-state index in [9.17, 15) is 0 Å². The van der Waals surface area contributed by atoms with Crippen LogP contribution in [0.15, 0.2) is 30.3 Å². The molecule has 0 saturated carbocycles. The van der Waals surface area contributed by atoms with E-state index in [4.69, 9.17) is 0 Å². The monoisotopic (exact) mass is 230 g/mol. The van der Waals surface area contributed by atoms with Crippen LogP contribution in [0.5, 0.6) is 0 Å². The van der Waals surface area contributed by atoms with Crippen LogP contribution in [0.3, 0.4) is 0 Å². The van der Waals surface area contributed by atoms with E-state index >= 15 is 0 Å². The van der Waals surface area contributed by atoms with Crippen molar-refractivity contribution in [1.82, 2.24) is 10.2 Å². The molecule has 2 nitrogen and oxygen atoms in total. The summed E-state index contributed by atoms with van der Waals surface area (Å²) in [6.07, 6.45) is 2.74. The molecule has 0 radical (unpaired) electrons. The highest BCUT2D eigenvalue weighted by molar-refractivity contribution is 5.14. The van der Waals surface area contributed by atoms with Gasteiger partial charge < -0.3 is 5.32 Å². The van der Waals surface area contributed by atoms with Gasteiger partial charge in [-0.25, -0.2) is 0 Å². The van der Waals surface area contributed by atoms with E-state index in [1.54, 1.807) is 0 Å². The van der Waals surface area contributed by atoms with Crippen molar-refractivity contribution in [2.45, 2.75) is 19.4 Å². The van der Waals surface area contributed by atoms with Gasteiger partial charge in [-0.1, -0.05) is 30.3 Å². The zero-order valence-electron chi connectivity index (χ0n) is 10.4. The predicted octanol–water partition coefficient (Wildman–Crippen LogP) is 2.12. The lowest BCUT2D eigenvalue weighted by Crippen LogP contribution is -2.23. The van der Waals surface area contributed by atoms with Gasteiger partial charge in [0.1, 0.15) is 0 Å². The minimum absolute atomic E-state index is 0.939. The van der Waals surface area contributed by atoms with Crippen molar-refractivity contribution in [2.75, 3.05) is 26.2 Å². The van der Waals surface area contributed by atoms with Crippen LogP contribution in [0, 0.1) is 11.8 Å². The molecule has 0 bridgehead atoms.